The van der Waals surface area contributed by atoms with Crippen LogP contribution in [0, 0.1) is 0 Å². The van der Waals surface area contributed by atoms with Crippen molar-refractivity contribution in [1.29, 1.82) is 0 Å². The Labute approximate surface area is 155 Å². The summed E-state index contributed by atoms with van der Waals surface area (Å²) in [6, 6.07) is 16.5. The second-order valence-corrected chi connectivity index (χ2v) is 6.62. The van der Waals surface area contributed by atoms with Gasteiger partial charge in [-0.3, -0.25) is 4.79 Å². The van der Waals surface area contributed by atoms with Crippen LogP contribution in [0.15, 0.2) is 63.8 Å². The van der Waals surface area contributed by atoms with Gasteiger partial charge in [0, 0.05) is 31.6 Å². The first-order valence-corrected chi connectivity index (χ1v) is 8.83. The van der Waals surface area contributed by atoms with Gasteiger partial charge in [-0.15, -0.1) is 0 Å². The second-order valence-electron chi connectivity index (χ2n) is 6.22. The number of amides is 1. The maximum atomic E-state index is 12.8. The summed E-state index contributed by atoms with van der Waals surface area (Å²) in [4.78, 5) is 28.8. The van der Waals surface area contributed by atoms with Crippen LogP contribution < -0.4 is 10.5 Å². The summed E-state index contributed by atoms with van der Waals surface area (Å²) in [5.74, 6) is -0.289. The lowest BCUT2D eigenvalue weighted by atomic mass is 10.1. The molecule has 0 N–H and O–H groups in total. The van der Waals surface area contributed by atoms with Gasteiger partial charge in [0.25, 0.3) is 5.91 Å². The molecule has 1 amide bonds. The Hall–Kier alpha value is -2.79. The van der Waals surface area contributed by atoms with Crippen molar-refractivity contribution in [2.24, 2.45) is 0 Å². The molecular weight excluding hydrogens is 352 g/mol. The van der Waals surface area contributed by atoms with Gasteiger partial charge < -0.3 is 14.2 Å². The molecule has 26 heavy (non-hydrogen) atoms. The van der Waals surface area contributed by atoms with Gasteiger partial charge >= 0.3 is 5.63 Å². The molecule has 3 aromatic rings. The van der Waals surface area contributed by atoms with Crippen LogP contribution in [0.1, 0.15) is 10.4 Å². The molecule has 0 spiro atoms. The molecule has 0 aliphatic carbocycles. The fourth-order valence-electron chi connectivity index (χ4n) is 3.24. The van der Waals surface area contributed by atoms with Crippen LogP contribution in [0.25, 0.3) is 11.0 Å². The minimum absolute atomic E-state index is 0.0786. The maximum absolute atomic E-state index is 12.8. The van der Waals surface area contributed by atoms with Crippen molar-refractivity contribution in [1.82, 2.24) is 4.90 Å². The molecular formula is C20H17ClN2O3. The van der Waals surface area contributed by atoms with Crippen LogP contribution in [0.4, 0.5) is 5.69 Å². The number of halogens is 1. The fraction of sp³-hybridized carbons (Fsp3) is 0.200. The van der Waals surface area contributed by atoms with Crippen molar-refractivity contribution in [3.05, 3.63) is 75.6 Å². The Balaban J connectivity index is 1.53. The number of benzene rings is 2. The van der Waals surface area contributed by atoms with Crippen molar-refractivity contribution < 1.29 is 9.21 Å². The Morgan fingerprint density at radius 1 is 0.962 bits per heavy atom. The maximum Gasteiger partial charge on any atom is 0.349 e. The highest BCUT2D eigenvalue weighted by atomic mass is 35.5. The van der Waals surface area contributed by atoms with Crippen molar-refractivity contribution >= 4 is 34.2 Å². The number of carbonyl (C=O) groups excluding carboxylic acids is 1. The predicted octanol–water partition coefficient (Wildman–Crippen LogP) is 3.41. The number of rotatable bonds is 2. The smallest absolute Gasteiger partial charge is 0.349 e. The van der Waals surface area contributed by atoms with Crippen molar-refractivity contribution in [2.45, 2.75) is 0 Å². The lowest BCUT2D eigenvalue weighted by Crippen LogP contribution is -2.49. The predicted molar refractivity (Wildman–Crippen MR) is 102 cm³/mol. The zero-order valence-corrected chi connectivity index (χ0v) is 14.8. The van der Waals surface area contributed by atoms with E-state index in [9.17, 15) is 9.59 Å². The molecule has 1 aliphatic rings. The third-order valence-corrected chi connectivity index (χ3v) is 4.95. The molecule has 2 heterocycles. The zero-order valence-electron chi connectivity index (χ0n) is 14.0. The first kappa shape index (κ1) is 16.7. The van der Waals surface area contributed by atoms with E-state index in [4.69, 9.17) is 16.0 Å². The lowest BCUT2D eigenvalue weighted by Gasteiger charge is -2.36. The van der Waals surface area contributed by atoms with Crippen LogP contribution in [0.2, 0.25) is 5.02 Å². The quantitative estimate of drug-likeness (QED) is 0.650. The van der Waals surface area contributed by atoms with E-state index in [1.165, 1.54) is 0 Å². The standard InChI is InChI=1S/C20H17ClN2O3/c21-16-6-2-3-7-17(16)22-9-11-23(12-10-22)19(24)15-13-14-5-1-4-8-18(14)26-20(15)25/h1-8,13H,9-12H2. The third-order valence-electron chi connectivity index (χ3n) is 4.63. The first-order valence-electron chi connectivity index (χ1n) is 8.45. The topological polar surface area (TPSA) is 53.8 Å². The number of para-hydroxylation sites is 2. The van der Waals surface area contributed by atoms with Crippen molar-refractivity contribution in [3.63, 3.8) is 0 Å². The van der Waals surface area contributed by atoms with Gasteiger partial charge in [0.15, 0.2) is 0 Å². The van der Waals surface area contributed by atoms with E-state index in [2.05, 4.69) is 4.90 Å². The number of fused-ring (bicyclic) bond motifs is 1. The molecule has 0 unspecified atom stereocenters. The van der Waals surface area contributed by atoms with Gasteiger partial charge in [0.2, 0.25) is 0 Å². The van der Waals surface area contributed by atoms with E-state index in [0.717, 1.165) is 11.1 Å². The van der Waals surface area contributed by atoms with Crippen LogP contribution in [-0.4, -0.2) is 37.0 Å². The molecule has 1 aliphatic heterocycles. The molecule has 1 saturated heterocycles. The molecule has 1 fully saturated rings. The molecule has 6 heteroatoms. The summed E-state index contributed by atoms with van der Waals surface area (Å²) in [6.07, 6.45) is 0. The molecule has 0 bridgehead atoms. The number of anilines is 1. The molecule has 5 nitrogen and oxygen atoms in total. The summed E-state index contributed by atoms with van der Waals surface area (Å²) in [5, 5.41) is 1.44. The number of nitrogens with zero attached hydrogens (tertiary/aromatic N) is 2. The first-order chi connectivity index (χ1) is 12.6. The van der Waals surface area contributed by atoms with Crippen LogP contribution >= 0.6 is 11.6 Å². The van der Waals surface area contributed by atoms with Crippen molar-refractivity contribution in [3.8, 4) is 0 Å². The van der Waals surface area contributed by atoms with E-state index in [0.29, 0.717) is 36.8 Å². The van der Waals surface area contributed by atoms with Gasteiger partial charge in [-0.2, -0.15) is 0 Å². The highest BCUT2D eigenvalue weighted by Crippen LogP contribution is 2.26. The average molecular weight is 369 g/mol. The summed E-state index contributed by atoms with van der Waals surface area (Å²) < 4.78 is 5.28. The van der Waals surface area contributed by atoms with Gasteiger partial charge in [-0.05, 0) is 24.3 Å². The number of hydrogen-bond acceptors (Lipinski definition) is 4. The van der Waals surface area contributed by atoms with Crippen molar-refractivity contribution in [2.75, 3.05) is 31.1 Å². The second kappa shape index (κ2) is 6.84. The molecule has 0 radical (unpaired) electrons. The third kappa shape index (κ3) is 3.06. The molecule has 4 rings (SSSR count). The molecule has 0 atom stereocenters. The van der Waals surface area contributed by atoms with Gasteiger partial charge in [0.1, 0.15) is 11.1 Å². The molecule has 1 aromatic heterocycles. The number of hydrogen-bond donors (Lipinski definition) is 0. The number of carbonyl (C=O) groups is 1. The Morgan fingerprint density at radius 3 is 2.42 bits per heavy atom. The van der Waals surface area contributed by atoms with Crippen LogP contribution in [0.3, 0.4) is 0 Å². The average Bonchev–Trinajstić information content (AvgIpc) is 2.67. The summed E-state index contributed by atoms with van der Waals surface area (Å²) in [7, 11) is 0. The minimum Gasteiger partial charge on any atom is -0.422 e. The van der Waals surface area contributed by atoms with Gasteiger partial charge in [-0.25, -0.2) is 4.79 Å². The summed E-state index contributed by atoms with van der Waals surface area (Å²) in [6.45, 7) is 2.37. The Morgan fingerprint density at radius 2 is 1.65 bits per heavy atom. The van der Waals surface area contributed by atoms with E-state index in [1.807, 2.05) is 36.4 Å². The normalized spacial score (nSPS) is 14.7. The van der Waals surface area contributed by atoms with E-state index < -0.39 is 5.63 Å². The molecule has 132 valence electrons. The summed E-state index contributed by atoms with van der Waals surface area (Å²) in [5.41, 5.74) is 0.932. The van der Waals surface area contributed by atoms with E-state index in [-0.39, 0.29) is 11.5 Å². The monoisotopic (exact) mass is 368 g/mol. The fourth-order valence-corrected chi connectivity index (χ4v) is 3.50. The van der Waals surface area contributed by atoms with Crippen LogP contribution in [-0.2, 0) is 0 Å². The van der Waals surface area contributed by atoms with E-state index in [1.54, 1.807) is 23.1 Å². The Kier molecular flexibility index (Phi) is 4.39. The zero-order chi connectivity index (χ0) is 18.1. The molecule has 2 aromatic carbocycles. The highest BCUT2D eigenvalue weighted by molar-refractivity contribution is 6.33. The van der Waals surface area contributed by atoms with Gasteiger partial charge in [0.05, 0.1) is 10.7 Å². The van der Waals surface area contributed by atoms with E-state index >= 15 is 0 Å². The number of piperazine rings is 1. The van der Waals surface area contributed by atoms with Gasteiger partial charge in [-0.1, -0.05) is 41.9 Å². The SMILES string of the molecule is O=C(c1cc2ccccc2oc1=O)N1CCN(c2ccccc2Cl)CC1. The van der Waals surface area contributed by atoms with Crippen LogP contribution in [0.5, 0.6) is 0 Å². The molecule has 0 saturated carbocycles. The summed E-state index contributed by atoms with van der Waals surface area (Å²) >= 11 is 6.25. The lowest BCUT2D eigenvalue weighted by molar-refractivity contribution is 0.0742. The largest absolute Gasteiger partial charge is 0.422 e. The minimum atomic E-state index is -0.595. The Bertz CT molecular complexity index is 1020. The highest BCUT2D eigenvalue weighted by Gasteiger charge is 2.25.